The largest absolute Gasteiger partial charge is 0.379 e. The molecule has 0 aromatic carbocycles. The third-order valence-electron chi connectivity index (χ3n) is 3.97. The number of unbranched alkanes of at least 4 members (excludes halogenated alkanes) is 1. The molecule has 19 heavy (non-hydrogen) atoms. The summed E-state index contributed by atoms with van der Waals surface area (Å²) in [5.41, 5.74) is 0. The van der Waals surface area contributed by atoms with E-state index >= 15 is 0 Å². The van der Waals surface area contributed by atoms with Crippen LogP contribution in [-0.2, 0) is 4.74 Å². The molecule has 2 unspecified atom stereocenters. The number of rotatable bonds is 9. The average molecular weight is 270 g/mol. The second-order valence-corrected chi connectivity index (χ2v) is 6.25. The Bertz CT molecular complexity index is 221. The molecule has 0 aromatic rings. The maximum Gasteiger partial charge on any atom is 0.0518 e. The Morgan fingerprint density at radius 3 is 2.74 bits per heavy atom. The van der Waals surface area contributed by atoms with Gasteiger partial charge in [0, 0.05) is 19.2 Å². The molecule has 3 heteroatoms. The highest BCUT2D eigenvalue weighted by Crippen LogP contribution is 2.17. The molecule has 0 aliphatic carbocycles. The molecular formula is C16H34N2O. The Labute approximate surface area is 120 Å². The summed E-state index contributed by atoms with van der Waals surface area (Å²) in [6.45, 7) is 14.7. The van der Waals surface area contributed by atoms with Gasteiger partial charge in [0.2, 0.25) is 0 Å². The number of hydrogen-bond acceptors (Lipinski definition) is 3. The van der Waals surface area contributed by atoms with E-state index in [0.29, 0.717) is 6.10 Å². The molecule has 0 bridgehead atoms. The second-order valence-electron chi connectivity index (χ2n) is 6.25. The first kappa shape index (κ1) is 16.9. The van der Waals surface area contributed by atoms with Crippen LogP contribution in [0.15, 0.2) is 0 Å². The van der Waals surface area contributed by atoms with Crippen molar-refractivity contribution in [1.29, 1.82) is 0 Å². The van der Waals surface area contributed by atoms with Gasteiger partial charge in [-0.2, -0.15) is 0 Å². The van der Waals surface area contributed by atoms with Gasteiger partial charge in [0.05, 0.1) is 6.10 Å². The van der Waals surface area contributed by atoms with E-state index in [0.717, 1.165) is 18.6 Å². The van der Waals surface area contributed by atoms with Gasteiger partial charge in [-0.3, -0.25) is 0 Å². The van der Waals surface area contributed by atoms with Gasteiger partial charge >= 0.3 is 0 Å². The van der Waals surface area contributed by atoms with Crippen LogP contribution in [0, 0.1) is 5.92 Å². The van der Waals surface area contributed by atoms with Gasteiger partial charge in [0.1, 0.15) is 0 Å². The predicted octanol–water partition coefficient (Wildman–Crippen LogP) is 2.90. The maximum absolute atomic E-state index is 5.59. The molecule has 0 amide bonds. The number of ether oxygens (including phenoxy) is 1. The first-order valence-electron chi connectivity index (χ1n) is 8.20. The van der Waals surface area contributed by atoms with E-state index in [2.05, 4.69) is 37.9 Å². The summed E-state index contributed by atoms with van der Waals surface area (Å²) in [7, 11) is 0. The van der Waals surface area contributed by atoms with E-state index in [1.165, 1.54) is 51.9 Å². The Kier molecular flexibility index (Phi) is 8.67. The summed E-state index contributed by atoms with van der Waals surface area (Å²) in [5, 5.41) is 3.68. The van der Waals surface area contributed by atoms with Gasteiger partial charge in [-0.05, 0) is 65.1 Å². The molecular weight excluding hydrogens is 236 g/mol. The van der Waals surface area contributed by atoms with Gasteiger partial charge in [-0.15, -0.1) is 0 Å². The van der Waals surface area contributed by atoms with Crippen molar-refractivity contribution in [1.82, 2.24) is 10.2 Å². The molecule has 0 saturated carbocycles. The molecule has 1 heterocycles. The maximum atomic E-state index is 5.59. The fourth-order valence-corrected chi connectivity index (χ4v) is 2.82. The zero-order valence-corrected chi connectivity index (χ0v) is 13.5. The standard InChI is InChI=1S/C16H34N2O/c1-5-9-17-16-8-11-18(13-15(16)4)10-6-7-12-19-14(2)3/h14-17H,5-13H2,1-4H3. The number of likely N-dealkylation sites (tertiary alicyclic amines) is 1. The molecule has 1 aliphatic heterocycles. The van der Waals surface area contributed by atoms with E-state index in [4.69, 9.17) is 4.74 Å². The van der Waals surface area contributed by atoms with Crippen LogP contribution >= 0.6 is 0 Å². The Hall–Kier alpha value is -0.120. The molecule has 1 aliphatic rings. The summed E-state index contributed by atoms with van der Waals surface area (Å²) in [5.74, 6) is 0.784. The molecule has 1 rings (SSSR count). The lowest BCUT2D eigenvalue weighted by Crippen LogP contribution is -2.48. The lowest BCUT2D eigenvalue weighted by Gasteiger charge is -2.37. The SMILES string of the molecule is CCCNC1CCN(CCCCOC(C)C)CC1C. The van der Waals surface area contributed by atoms with Crippen molar-refractivity contribution >= 4 is 0 Å². The molecule has 2 atom stereocenters. The third-order valence-corrected chi connectivity index (χ3v) is 3.97. The van der Waals surface area contributed by atoms with Crippen LogP contribution in [0.25, 0.3) is 0 Å². The van der Waals surface area contributed by atoms with Crippen LogP contribution in [-0.4, -0.2) is 49.8 Å². The quantitative estimate of drug-likeness (QED) is 0.652. The van der Waals surface area contributed by atoms with E-state index in [9.17, 15) is 0 Å². The summed E-state index contributed by atoms with van der Waals surface area (Å²) >= 11 is 0. The highest BCUT2D eigenvalue weighted by molar-refractivity contribution is 4.82. The molecule has 0 spiro atoms. The number of nitrogens with one attached hydrogen (secondary N) is 1. The van der Waals surface area contributed by atoms with Crippen molar-refractivity contribution in [2.45, 2.75) is 65.5 Å². The smallest absolute Gasteiger partial charge is 0.0518 e. The highest BCUT2D eigenvalue weighted by atomic mass is 16.5. The van der Waals surface area contributed by atoms with E-state index in [1.54, 1.807) is 0 Å². The summed E-state index contributed by atoms with van der Waals surface area (Å²) in [4.78, 5) is 2.63. The topological polar surface area (TPSA) is 24.5 Å². The lowest BCUT2D eigenvalue weighted by atomic mass is 9.93. The predicted molar refractivity (Wildman–Crippen MR) is 82.6 cm³/mol. The Balaban J connectivity index is 2.07. The van der Waals surface area contributed by atoms with Crippen LogP contribution < -0.4 is 5.32 Å². The van der Waals surface area contributed by atoms with Gasteiger partial charge < -0.3 is 15.0 Å². The molecule has 114 valence electrons. The zero-order chi connectivity index (χ0) is 14.1. The highest BCUT2D eigenvalue weighted by Gasteiger charge is 2.24. The van der Waals surface area contributed by atoms with Gasteiger partial charge in [0.25, 0.3) is 0 Å². The number of nitrogens with zero attached hydrogens (tertiary/aromatic N) is 1. The van der Waals surface area contributed by atoms with Crippen LogP contribution in [0.2, 0.25) is 0 Å². The third kappa shape index (κ3) is 7.28. The summed E-state index contributed by atoms with van der Waals surface area (Å²) in [6.07, 6.45) is 5.39. The fourth-order valence-electron chi connectivity index (χ4n) is 2.82. The van der Waals surface area contributed by atoms with Crippen molar-refractivity contribution < 1.29 is 4.74 Å². The van der Waals surface area contributed by atoms with Gasteiger partial charge in [-0.1, -0.05) is 13.8 Å². The van der Waals surface area contributed by atoms with Crippen molar-refractivity contribution in [2.75, 3.05) is 32.8 Å². The van der Waals surface area contributed by atoms with Crippen molar-refractivity contribution in [3.8, 4) is 0 Å². The second kappa shape index (κ2) is 9.73. The summed E-state index contributed by atoms with van der Waals surface area (Å²) < 4.78 is 5.59. The van der Waals surface area contributed by atoms with E-state index in [-0.39, 0.29) is 0 Å². The molecule has 0 radical (unpaired) electrons. The fraction of sp³-hybridized carbons (Fsp3) is 1.00. The zero-order valence-electron chi connectivity index (χ0n) is 13.5. The Morgan fingerprint density at radius 2 is 2.11 bits per heavy atom. The molecule has 1 N–H and O–H groups in total. The minimum atomic E-state index is 0.375. The molecule has 3 nitrogen and oxygen atoms in total. The van der Waals surface area contributed by atoms with E-state index in [1.807, 2.05) is 0 Å². The molecule has 0 aromatic heterocycles. The normalized spacial score (nSPS) is 25.1. The van der Waals surface area contributed by atoms with Crippen LogP contribution in [0.5, 0.6) is 0 Å². The first-order chi connectivity index (χ1) is 9.13. The van der Waals surface area contributed by atoms with Crippen molar-refractivity contribution in [2.24, 2.45) is 5.92 Å². The molecule has 1 fully saturated rings. The van der Waals surface area contributed by atoms with Gasteiger partial charge in [0.15, 0.2) is 0 Å². The van der Waals surface area contributed by atoms with Gasteiger partial charge in [-0.25, -0.2) is 0 Å². The molecule has 1 saturated heterocycles. The minimum absolute atomic E-state index is 0.375. The summed E-state index contributed by atoms with van der Waals surface area (Å²) in [6, 6.07) is 0.737. The number of hydrogen-bond donors (Lipinski definition) is 1. The van der Waals surface area contributed by atoms with Crippen LogP contribution in [0.1, 0.15) is 53.4 Å². The van der Waals surface area contributed by atoms with Crippen LogP contribution in [0.4, 0.5) is 0 Å². The monoisotopic (exact) mass is 270 g/mol. The van der Waals surface area contributed by atoms with Crippen molar-refractivity contribution in [3.05, 3.63) is 0 Å². The van der Waals surface area contributed by atoms with Crippen LogP contribution in [0.3, 0.4) is 0 Å². The minimum Gasteiger partial charge on any atom is -0.379 e. The first-order valence-corrected chi connectivity index (χ1v) is 8.20. The van der Waals surface area contributed by atoms with Crippen molar-refractivity contribution in [3.63, 3.8) is 0 Å². The van der Waals surface area contributed by atoms with E-state index < -0.39 is 0 Å². The average Bonchev–Trinajstić information content (AvgIpc) is 2.37. The Morgan fingerprint density at radius 1 is 1.32 bits per heavy atom. The number of piperidine rings is 1. The lowest BCUT2D eigenvalue weighted by molar-refractivity contribution is 0.0720.